The summed E-state index contributed by atoms with van der Waals surface area (Å²) in [6, 6.07) is 12.2. The summed E-state index contributed by atoms with van der Waals surface area (Å²) >= 11 is 7.60. The topological polar surface area (TPSA) is 49.3 Å². The summed E-state index contributed by atoms with van der Waals surface area (Å²) in [5.74, 6) is 0.592. The first-order chi connectivity index (χ1) is 12.7. The molecular weight excluding hydrogens is 368 g/mol. The summed E-state index contributed by atoms with van der Waals surface area (Å²) in [7, 11) is 0. The van der Waals surface area contributed by atoms with Crippen LogP contribution in [0.4, 0.5) is 5.82 Å². The quantitative estimate of drug-likeness (QED) is 0.643. The molecule has 0 bridgehead atoms. The van der Waals surface area contributed by atoms with E-state index in [-0.39, 0.29) is 5.91 Å². The van der Waals surface area contributed by atoms with E-state index in [1.54, 1.807) is 22.3 Å². The van der Waals surface area contributed by atoms with Gasteiger partial charge < -0.3 is 0 Å². The minimum Gasteiger partial charge on any atom is -0.294 e. The molecule has 26 heavy (non-hydrogen) atoms. The maximum atomic E-state index is 12.5. The number of nitrogens with zero attached hydrogens (tertiary/aromatic N) is 4. The largest absolute Gasteiger partial charge is 0.294 e. The number of carbonyl (C=O) groups is 1. The molecule has 3 heterocycles. The first kappa shape index (κ1) is 17.1. The van der Waals surface area contributed by atoms with Crippen LogP contribution < -0.4 is 4.90 Å². The number of amides is 1. The number of halogens is 1. The number of piperazine rings is 1. The lowest BCUT2D eigenvalue weighted by Crippen LogP contribution is -2.50. The number of hydrogen-bond donors (Lipinski definition) is 0. The molecule has 1 aromatic carbocycles. The summed E-state index contributed by atoms with van der Waals surface area (Å²) < 4.78 is 0. The van der Waals surface area contributed by atoms with E-state index in [0.717, 1.165) is 13.1 Å². The molecule has 0 N–H and O–H groups in total. The third kappa shape index (κ3) is 3.77. The van der Waals surface area contributed by atoms with Gasteiger partial charge in [0.25, 0.3) is 0 Å². The van der Waals surface area contributed by atoms with Crippen LogP contribution in [0.2, 0.25) is 5.15 Å². The van der Waals surface area contributed by atoms with Crippen LogP contribution in [0.15, 0.2) is 53.5 Å². The number of thiophene rings is 1. The van der Waals surface area contributed by atoms with Gasteiger partial charge in [-0.15, -0.1) is 0 Å². The van der Waals surface area contributed by atoms with E-state index in [0.29, 0.717) is 24.1 Å². The third-order valence-electron chi connectivity index (χ3n) is 4.38. The van der Waals surface area contributed by atoms with Crippen molar-refractivity contribution in [3.05, 3.63) is 64.2 Å². The number of benzene rings is 1. The van der Waals surface area contributed by atoms with Gasteiger partial charge in [-0.25, -0.2) is 9.97 Å². The van der Waals surface area contributed by atoms with Gasteiger partial charge in [0, 0.05) is 25.7 Å². The molecule has 5 nitrogen and oxygen atoms in total. The van der Waals surface area contributed by atoms with Crippen molar-refractivity contribution in [3.8, 4) is 11.1 Å². The van der Waals surface area contributed by atoms with Gasteiger partial charge in [-0.05, 0) is 39.6 Å². The zero-order valence-corrected chi connectivity index (χ0v) is 15.6. The second kappa shape index (κ2) is 7.53. The van der Waals surface area contributed by atoms with Gasteiger partial charge >= 0.3 is 0 Å². The van der Waals surface area contributed by atoms with Gasteiger partial charge in [0.05, 0.1) is 6.54 Å². The van der Waals surface area contributed by atoms with Crippen molar-refractivity contribution in [2.24, 2.45) is 0 Å². The Morgan fingerprint density at radius 3 is 2.81 bits per heavy atom. The average Bonchev–Trinajstić information content (AvgIpc) is 3.17. The summed E-state index contributed by atoms with van der Waals surface area (Å²) in [5.41, 5.74) is 3.66. The predicted molar refractivity (Wildman–Crippen MR) is 104 cm³/mol. The second-order valence-electron chi connectivity index (χ2n) is 6.17. The zero-order valence-electron chi connectivity index (χ0n) is 14.0. The molecule has 4 rings (SSSR count). The molecular formula is C19H17ClN4OS. The number of aromatic nitrogens is 2. The Hall–Kier alpha value is -2.28. The predicted octanol–water partition coefficient (Wildman–Crippen LogP) is 3.71. The van der Waals surface area contributed by atoms with Crippen molar-refractivity contribution in [2.45, 2.75) is 6.54 Å². The van der Waals surface area contributed by atoms with Crippen molar-refractivity contribution in [3.63, 3.8) is 0 Å². The summed E-state index contributed by atoms with van der Waals surface area (Å²) in [6.07, 6.45) is 1.38. The number of anilines is 1. The van der Waals surface area contributed by atoms with E-state index in [2.05, 4.69) is 56.0 Å². The maximum absolute atomic E-state index is 12.5. The van der Waals surface area contributed by atoms with Crippen LogP contribution in [-0.2, 0) is 11.3 Å². The van der Waals surface area contributed by atoms with E-state index >= 15 is 0 Å². The molecule has 1 saturated heterocycles. The second-order valence-corrected chi connectivity index (χ2v) is 7.33. The number of rotatable bonds is 4. The van der Waals surface area contributed by atoms with E-state index in [1.807, 2.05) is 0 Å². The van der Waals surface area contributed by atoms with Gasteiger partial charge in [0.15, 0.2) is 0 Å². The van der Waals surface area contributed by atoms with Gasteiger partial charge in [0.1, 0.15) is 17.3 Å². The molecule has 7 heteroatoms. The molecule has 1 aliphatic heterocycles. The summed E-state index contributed by atoms with van der Waals surface area (Å²) in [5, 5.41) is 4.57. The highest BCUT2D eigenvalue weighted by molar-refractivity contribution is 7.08. The van der Waals surface area contributed by atoms with Crippen LogP contribution in [0.5, 0.6) is 0 Å². The maximum Gasteiger partial charge on any atom is 0.242 e. The van der Waals surface area contributed by atoms with E-state index < -0.39 is 0 Å². The highest BCUT2D eigenvalue weighted by Gasteiger charge is 2.26. The Morgan fingerprint density at radius 2 is 2.04 bits per heavy atom. The Labute approximate surface area is 160 Å². The lowest BCUT2D eigenvalue weighted by Gasteiger charge is -2.33. The van der Waals surface area contributed by atoms with Crippen LogP contribution in [0.1, 0.15) is 5.56 Å². The normalized spacial score (nSPS) is 15.4. The minimum absolute atomic E-state index is 0.0278. The fraction of sp³-hybridized carbons (Fsp3) is 0.211. The monoisotopic (exact) mass is 384 g/mol. The summed E-state index contributed by atoms with van der Waals surface area (Å²) in [6.45, 7) is 2.50. The molecule has 0 spiro atoms. The molecule has 2 aromatic heterocycles. The minimum atomic E-state index is 0.0278. The van der Waals surface area contributed by atoms with E-state index in [1.165, 1.54) is 23.0 Å². The Balaban J connectivity index is 1.43. The molecule has 1 aliphatic rings. The Morgan fingerprint density at radius 1 is 1.12 bits per heavy atom. The lowest BCUT2D eigenvalue weighted by atomic mass is 10.1. The molecule has 0 saturated carbocycles. The van der Waals surface area contributed by atoms with Crippen LogP contribution in [0, 0.1) is 0 Å². The molecule has 0 atom stereocenters. The molecule has 0 unspecified atom stereocenters. The van der Waals surface area contributed by atoms with Crippen LogP contribution in [0.3, 0.4) is 0 Å². The Bertz CT molecular complexity index is 915. The van der Waals surface area contributed by atoms with Crippen molar-refractivity contribution in [1.82, 2.24) is 14.9 Å². The molecule has 0 radical (unpaired) electrons. The first-order valence-corrected chi connectivity index (χ1v) is 9.63. The van der Waals surface area contributed by atoms with Crippen LogP contribution in [0.25, 0.3) is 11.1 Å². The fourth-order valence-electron chi connectivity index (χ4n) is 3.11. The highest BCUT2D eigenvalue weighted by atomic mass is 35.5. The zero-order chi connectivity index (χ0) is 17.9. The summed E-state index contributed by atoms with van der Waals surface area (Å²) in [4.78, 5) is 24.4. The third-order valence-corrected chi connectivity index (χ3v) is 5.27. The average molecular weight is 385 g/mol. The van der Waals surface area contributed by atoms with Crippen molar-refractivity contribution < 1.29 is 4.79 Å². The van der Waals surface area contributed by atoms with E-state index in [4.69, 9.17) is 11.6 Å². The fourth-order valence-corrected chi connectivity index (χ4v) is 3.91. The van der Waals surface area contributed by atoms with Gasteiger partial charge in [-0.3, -0.25) is 14.6 Å². The van der Waals surface area contributed by atoms with Gasteiger partial charge in [0.2, 0.25) is 5.91 Å². The Kier molecular flexibility index (Phi) is 4.97. The smallest absolute Gasteiger partial charge is 0.242 e. The number of hydrogen-bond acceptors (Lipinski definition) is 5. The van der Waals surface area contributed by atoms with Crippen molar-refractivity contribution in [1.29, 1.82) is 0 Å². The van der Waals surface area contributed by atoms with Gasteiger partial charge in [-0.2, -0.15) is 11.3 Å². The molecule has 132 valence electrons. The van der Waals surface area contributed by atoms with Gasteiger partial charge in [-0.1, -0.05) is 29.8 Å². The van der Waals surface area contributed by atoms with Crippen molar-refractivity contribution in [2.75, 3.05) is 24.5 Å². The van der Waals surface area contributed by atoms with E-state index in [9.17, 15) is 4.79 Å². The van der Waals surface area contributed by atoms with Crippen LogP contribution >= 0.6 is 22.9 Å². The molecule has 1 fully saturated rings. The molecule has 3 aromatic rings. The molecule has 1 amide bonds. The lowest BCUT2D eigenvalue weighted by molar-refractivity contribution is -0.121. The first-order valence-electron chi connectivity index (χ1n) is 8.31. The van der Waals surface area contributed by atoms with Crippen molar-refractivity contribution >= 4 is 34.7 Å². The standard InChI is InChI=1S/C19H17ClN4OS/c20-17-9-18(22-13-21-17)24-6-5-23(11-19(24)25)10-14-2-1-3-15(8-14)16-4-7-26-12-16/h1-4,7-9,12-13H,5-6,10-11H2. The number of carbonyl (C=O) groups excluding carboxylic acids is 1. The van der Waals surface area contributed by atoms with Crippen LogP contribution in [-0.4, -0.2) is 40.4 Å². The SMILES string of the molecule is O=C1CN(Cc2cccc(-c3ccsc3)c2)CCN1c1cc(Cl)ncn1. The molecule has 0 aliphatic carbocycles. The highest BCUT2D eigenvalue weighted by Crippen LogP contribution is 2.24.